The van der Waals surface area contributed by atoms with E-state index in [0.717, 1.165) is 24.3 Å². The average molecular weight is 290 g/mol. The number of primary amides is 2. The molecule has 4 aliphatic rings. The van der Waals surface area contributed by atoms with Crippen molar-refractivity contribution in [2.45, 2.75) is 19.3 Å². The molecule has 0 aromatic heterocycles. The first kappa shape index (κ1) is 12.6. The zero-order chi connectivity index (χ0) is 14.7. The monoisotopic (exact) mass is 290 g/mol. The van der Waals surface area contributed by atoms with E-state index in [1.165, 1.54) is 6.42 Å². The molecule has 4 aliphatic carbocycles. The molecule has 2 bridgehead atoms. The number of hydrazone groups is 2. The quantitative estimate of drug-likeness (QED) is 0.531. The minimum absolute atomic E-state index is 0.332. The van der Waals surface area contributed by atoms with Crippen molar-refractivity contribution < 1.29 is 9.59 Å². The van der Waals surface area contributed by atoms with E-state index < -0.39 is 12.1 Å². The van der Waals surface area contributed by atoms with Crippen LogP contribution in [0.5, 0.6) is 0 Å². The van der Waals surface area contributed by atoms with Crippen molar-refractivity contribution in [3.63, 3.8) is 0 Å². The van der Waals surface area contributed by atoms with Crippen LogP contribution in [0.4, 0.5) is 9.59 Å². The molecule has 0 heterocycles. The normalized spacial score (nSPS) is 45.5. The maximum atomic E-state index is 10.9. The Labute approximate surface area is 121 Å². The van der Waals surface area contributed by atoms with E-state index in [-0.39, 0.29) is 0 Å². The molecule has 4 saturated carbocycles. The fourth-order valence-electron chi connectivity index (χ4n) is 5.42. The second kappa shape index (κ2) is 4.19. The number of amides is 4. The lowest BCUT2D eigenvalue weighted by atomic mass is 9.79. The summed E-state index contributed by atoms with van der Waals surface area (Å²) in [6.07, 6.45) is 3.10. The minimum atomic E-state index is -0.634. The van der Waals surface area contributed by atoms with Crippen LogP contribution in [0.15, 0.2) is 10.2 Å². The summed E-state index contributed by atoms with van der Waals surface area (Å²) in [4.78, 5) is 21.7. The molecular weight excluding hydrogens is 272 g/mol. The molecule has 0 saturated heterocycles. The van der Waals surface area contributed by atoms with E-state index in [9.17, 15) is 9.59 Å². The first-order valence-corrected chi connectivity index (χ1v) is 7.30. The number of urea groups is 2. The Bertz CT molecular complexity index is 531. The summed E-state index contributed by atoms with van der Waals surface area (Å²) in [5.41, 5.74) is 17.0. The topological polar surface area (TPSA) is 135 Å². The zero-order valence-corrected chi connectivity index (χ0v) is 11.5. The maximum Gasteiger partial charge on any atom is 0.332 e. The molecule has 0 aromatic rings. The third-order valence-electron chi connectivity index (χ3n) is 5.78. The van der Waals surface area contributed by atoms with E-state index >= 15 is 0 Å². The summed E-state index contributed by atoms with van der Waals surface area (Å²) in [7, 11) is 0. The van der Waals surface area contributed by atoms with Gasteiger partial charge in [-0.2, -0.15) is 10.2 Å². The molecule has 0 unspecified atom stereocenters. The number of fused-ring (bicyclic) bond motifs is 2. The molecule has 0 spiro atoms. The molecule has 0 aliphatic heterocycles. The van der Waals surface area contributed by atoms with Crippen LogP contribution in [0, 0.1) is 35.5 Å². The van der Waals surface area contributed by atoms with Crippen molar-refractivity contribution in [2.24, 2.45) is 57.2 Å². The molecule has 8 nitrogen and oxygen atoms in total. The van der Waals surface area contributed by atoms with Gasteiger partial charge in [-0.25, -0.2) is 20.4 Å². The average Bonchev–Trinajstić information content (AvgIpc) is 3.03. The van der Waals surface area contributed by atoms with Crippen LogP contribution in [0.3, 0.4) is 0 Å². The van der Waals surface area contributed by atoms with Gasteiger partial charge in [-0.3, -0.25) is 0 Å². The predicted octanol–water partition coefficient (Wildman–Crippen LogP) is -0.0431. The third kappa shape index (κ3) is 1.68. The lowest BCUT2D eigenvalue weighted by Gasteiger charge is -2.24. The number of carbonyl (C=O) groups is 2. The van der Waals surface area contributed by atoms with E-state index in [4.69, 9.17) is 11.5 Å². The molecule has 4 amide bonds. The van der Waals surface area contributed by atoms with E-state index in [1.807, 2.05) is 0 Å². The van der Waals surface area contributed by atoms with Gasteiger partial charge >= 0.3 is 12.1 Å². The first-order valence-electron chi connectivity index (χ1n) is 7.30. The van der Waals surface area contributed by atoms with Crippen LogP contribution < -0.4 is 22.3 Å². The molecule has 0 radical (unpaired) electrons. The predicted molar refractivity (Wildman–Crippen MR) is 75.1 cm³/mol. The van der Waals surface area contributed by atoms with Crippen molar-refractivity contribution in [3.8, 4) is 0 Å². The maximum absolute atomic E-state index is 10.9. The van der Waals surface area contributed by atoms with Crippen molar-refractivity contribution in [1.82, 2.24) is 10.9 Å². The Morgan fingerprint density at radius 2 is 1.29 bits per heavy atom. The summed E-state index contributed by atoms with van der Waals surface area (Å²) in [6, 6.07) is -1.27. The molecule has 8 heteroatoms. The number of nitrogens with zero attached hydrogens (tertiary/aromatic N) is 2. The molecule has 4 fully saturated rings. The van der Waals surface area contributed by atoms with Gasteiger partial charge in [-0.15, -0.1) is 0 Å². The van der Waals surface area contributed by atoms with Crippen LogP contribution in [0.25, 0.3) is 0 Å². The van der Waals surface area contributed by atoms with Gasteiger partial charge in [0.05, 0.1) is 0 Å². The highest BCUT2D eigenvalue weighted by Gasteiger charge is 2.67. The van der Waals surface area contributed by atoms with E-state index in [0.29, 0.717) is 35.5 Å². The highest BCUT2D eigenvalue weighted by atomic mass is 16.2. The Morgan fingerprint density at radius 3 is 1.67 bits per heavy atom. The van der Waals surface area contributed by atoms with Gasteiger partial charge in [0.1, 0.15) is 0 Å². The van der Waals surface area contributed by atoms with Gasteiger partial charge in [0.25, 0.3) is 0 Å². The molecule has 0 aromatic carbocycles. The number of rotatable bonds is 2. The summed E-state index contributed by atoms with van der Waals surface area (Å²) >= 11 is 0. The lowest BCUT2D eigenvalue weighted by Crippen LogP contribution is -2.32. The van der Waals surface area contributed by atoms with Crippen LogP contribution in [-0.2, 0) is 0 Å². The Hall–Kier alpha value is -2.12. The number of hydrogen-bond donors (Lipinski definition) is 4. The van der Waals surface area contributed by atoms with Gasteiger partial charge in [0.15, 0.2) is 0 Å². The van der Waals surface area contributed by atoms with Gasteiger partial charge in [0.2, 0.25) is 0 Å². The first-order chi connectivity index (χ1) is 10.1. The minimum Gasteiger partial charge on any atom is -0.350 e. The van der Waals surface area contributed by atoms with Crippen LogP contribution in [0.2, 0.25) is 0 Å². The van der Waals surface area contributed by atoms with E-state index in [2.05, 4.69) is 21.1 Å². The molecule has 4 rings (SSSR count). The van der Waals surface area contributed by atoms with Crippen molar-refractivity contribution in [3.05, 3.63) is 0 Å². The summed E-state index contributed by atoms with van der Waals surface area (Å²) in [6.45, 7) is 0. The summed E-state index contributed by atoms with van der Waals surface area (Å²) in [5, 5.41) is 8.43. The summed E-state index contributed by atoms with van der Waals surface area (Å²) < 4.78 is 0. The number of nitrogens with one attached hydrogen (secondary N) is 2. The van der Waals surface area contributed by atoms with Gasteiger partial charge in [0, 0.05) is 23.3 Å². The number of nitrogens with two attached hydrogens (primary N) is 2. The van der Waals surface area contributed by atoms with Crippen molar-refractivity contribution in [2.75, 3.05) is 0 Å². The zero-order valence-electron chi connectivity index (χ0n) is 11.5. The standard InChI is InChI=1S/C13H18N6O2/c14-12(20)18-16-8-2-4-5-3-9(17-19-13(15)21)11-7(5)1-6(4)10(8)11/h4-7,10-11H,1-3H2,(H3,14,18,20)(H3,15,19,21)/b16-8-,17-9+/t4-,5+,6+,7-,10+,11-/m1/s1. The fourth-order valence-corrected chi connectivity index (χ4v) is 5.42. The fraction of sp³-hybridized carbons (Fsp3) is 0.692. The molecular formula is C13H18N6O2. The van der Waals surface area contributed by atoms with Crippen LogP contribution in [-0.4, -0.2) is 23.5 Å². The van der Waals surface area contributed by atoms with E-state index in [1.54, 1.807) is 0 Å². The van der Waals surface area contributed by atoms with Gasteiger partial charge < -0.3 is 11.5 Å². The molecule has 6 atom stereocenters. The second-order valence-electron chi connectivity index (χ2n) is 6.51. The van der Waals surface area contributed by atoms with Crippen molar-refractivity contribution in [1.29, 1.82) is 0 Å². The molecule has 21 heavy (non-hydrogen) atoms. The number of hydrogen-bond acceptors (Lipinski definition) is 4. The Balaban J connectivity index is 1.63. The molecule has 112 valence electrons. The van der Waals surface area contributed by atoms with Crippen LogP contribution >= 0.6 is 0 Å². The Morgan fingerprint density at radius 1 is 0.857 bits per heavy atom. The largest absolute Gasteiger partial charge is 0.350 e. The smallest absolute Gasteiger partial charge is 0.332 e. The highest BCUT2D eigenvalue weighted by Crippen LogP contribution is 2.68. The Kier molecular flexibility index (Phi) is 2.51. The number of carbonyl (C=O) groups excluding carboxylic acids is 2. The SMILES string of the molecule is NC(=O)N/N=C1/C[C@@H]2[C@@H]3C/C(=N\NC(N)=O)[C@H]4[C@@H]3C[C@@H]2[C@@H]14. The van der Waals surface area contributed by atoms with Gasteiger partial charge in [-0.1, -0.05) is 0 Å². The second-order valence-corrected chi connectivity index (χ2v) is 6.51. The highest BCUT2D eigenvalue weighted by molar-refractivity contribution is 6.01. The van der Waals surface area contributed by atoms with Crippen LogP contribution in [0.1, 0.15) is 19.3 Å². The lowest BCUT2D eigenvalue weighted by molar-refractivity contribution is 0.241. The van der Waals surface area contributed by atoms with Crippen molar-refractivity contribution >= 4 is 23.5 Å². The molecule has 6 N–H and O–H groups in total. The third-order valence-corrected chi connectivity index (χ3v) is 5.78. The summed E-state index contributed by atoms with van der Waals surface area (Å²) in [5.74, 6) is 3.20. The van der Waals surface area contributed by atoms with Gasteiger partial charge in [-0.05, 0) is 42.9 Å².